The normalized spacial score (nSPS) is 10.7. The van der Waals surface area contributed by atoms with Gasteiger partial charge in [-0.1, -0.05) is 47.4 Å². The summed E-state index contributed by atoms with van der Waals surface area (Å²) >= 11 is 9.52. The lowest BCUT2D eigenvalue weighted by molar-refractivity contribution is 0.193. The minimum Gasteiger partial charge on any atom is -0.489 e. The molecule has 1 nitrogen and oxygen atoms in total. The van der Waals surface area contributed by atoms with E-state index in [1.165, 1.54) is 0 Å². The molecule has 1 rings (SSSR count). The first kappa shape index (κ1) is 12.9. The molecule has 0 saturated heterocycles. The van der Waals surface area contributed by atoms with Crippen LogP contribution in [0.5, 0.6) is 5.75 Å². The van der Waals surface area contributed by atoms with Crippen molar-refractivity contribution >= 4 is 27.5 Å². The van der Waals surface area contributed by atoms with E-state index in [1.807, 2.05) is 18.2 Å². The highest BCUT2D eigenvalue weighted by Crippen LogP contribution is 2.28. The first-order valence-electron chi connectivity index (χ1n) is 5.22. The summed E-state index contributed by atoms with van der Waals surface area (Å²) in [6.07, 6.45) is 2.28. The van der Waals surface area contributed by atoms with Crippen LogP contribution >= 0.6 is 27.5 Å². The number of rotatable bonds is 5. The number of hydrogen-bond donors (Lipinski definition) is 0. The summed E-state index contributed by atoms with van der Waals surface area (Å²) in [6, 6.07) is 5.91. The quantitative estimate of drug-likeness (QED) is 0.708. The van der Waals surface area contributed by atoms with Gasteiger partial charge in [-0.15, -0.1) is 0 Å². The summed E-state index contributed by atoms with van der Waals surface area (Å²) in [4.78, 5) is 0. The number of benzene rings is 1. The van der Waals surface area contributed by atoms with Gasteiger partial charge in [0.2, 0.25) is 0 Å². The van der Waals surface area contributed by atoms with Crippen LogP contribution in [-0.4, -0.2) is 6.10 Å². The average Bonchev–Trinajstić information content (AvgIpc) is 2.27. The fraction of sp³-hybridized carbons (Fsp3) is 0.500. The SMILES string of the molecule is CCC(CC)Oc1ccc(CBr)cc1Cl. The lowest BCUT2D eigenvalue weighted by atomic mass is 10.2. The lowest BCUT2D eigenvalue weighted by Crippen LogP contribution is -2.13. The van der Waals surface area contributed by atoms with Crippen LogP contribution in [0.4, 0.5) is 0 Å². The molecule has 84 valence electrons. The Hall–Kier alpha value is -0.210. The zero-order valence-corrected chi connectivity index (χ0v) is 11.4. The average molecular weight is 292 g/mol. The van der Waals surface area contributed by atoms with Crippen LogP contribution in [0, 0.1) is 0 Å². The molecule has 3 heteroatoms. The predicted octanol–water partition coefficient (Wildman–Crippen LogP) is 4.80. The number of halogens is 2. The summed E-state index contributed by atoms with van der Waals surface area (Å²) in [5, 5.41) is 1.51. The smallest absolute Gasteiger partial charge is 0.138 e. The number of ether oxygens (including phenoxy) is 1. The third-order valence-corrected chi connectivity index (χ3v) is 3.30. The van der Waals surface area contributed by atoms with E-state index in [-0.39, 0.29) is 6.10 Å². The van der Waals surface area contributed by atoms with Gasteiger partial charge in [-0.3, -0.25) is 0 Å². The molecule has 0 fully saturated rings. The molecule has 0 aliphatic carbocycles. The van der Waals surface area contributed by atoms with Gasteiger partial charge >= 0.3 is 0 Å². The minimum absolute atomic E-state index is 0.261. The van der Waals surface area contributed by atoms with Crippen molar-refractivity contribution in [3.63, 3.8) is 0 Å². The Bertz CT molecular complexity index is 310. The van der Waals surface area contributed by atoms with Crippen molar-refractivity contribution < 1.29 is 4.74 Å². The van der Waals surface area contributed by atoms with Crippen LogP contribution in [0.1, 0.15) is 32.3 Å². The topological polar surface area (TPSA) is 9.23 Å². The third kappa shape index (κ3) is 3.69. The Kier molecular flexibility index (Phi) is 5.48. The van der Waals surface area contributed by atoms with Gasteiger partial charge in [0, 0.05) is 5.33 Å². The molecule has 0 radical (unpaired) electrons. The van der Waals surface area contributed by atoms with Gasteiger partial charge < -0.3 is 4.74 Å². The van der Waals surface area contributed by atoms with Gasteiger partial charge in [0.25, 0.3) is 0 Å². The first-order chi connectivity index (χ1) is 7.21. The van der Waals surface area contributed by atoms with Crippen molar-refractivity contribution in [2.45, 2.75) is 38.1 Å². The number of alkyl halides is 1. The van der Waals surface area contributed by atoms with Crippen molar-refractivity contribution in [1.82, 2.24) is 0 Å². The molecule has 0 bridgehead atoms. The highest BCUT2D eigenvalue weighted by Gasteiger charge is 2.08. The van der Waals surface area contributed by atoms with Gasteiger partial charge in [-0.25, -0.2) is 0 Å². The van der Waals surface area contributed by atoms with Gasteiger partial charge in [-0.2, -0.15) is 0 Å². The molecule has 0 aliphatic heterocycles. The van der Waals surface area contributed by atoms with Crippen molar-refractivity contribution in [1.29, 1.82) is 0 Å². The van der Waals surface area contributed by atoms with Gasteiger partial charge in [0.15, 0.2) is 0 Å². The fourth-order valence-electron chi connectivity index (χ4n) is 1.36. The molecule has 0 unspecified atom stereocenters. The molecule has 0 heterocycles. The molecule has 0 saturated carbocycles. The predicted molar refractivity (Wildman–Crippen MR) is 69.1 cm³/mol. The Morgan fingerprint density at radius 2 is 2.00 bits per heavy atom. The first-order valence-corrected chi connectivity index (χ1v) is 6.72. The molecule has 1 aromatic rings. The molecule has 0 amide bonds. The molecule has 0 spiro atoms. The van der Waals surface area contributed by atoms with Crippen LogP contribution in [0.3, 0.4) is 0 Å². The highest BCUT2D eigenvalue weighted by molar-refractivity contribution is 9.08. The van der Waals surface area contributed by atoms with Crippen LogP contribution in [-0.2, 0) is 5.33 Å². The Labute approximate surface area is 105 Å². The molecule has 1 aromatic carbocycles. The van der Waals surface area contributed by atoms with Crippen LogP contribution < -0.4 is 4.74 Å². The van der Waals surface area contributed by atoms with E-state index in [1.54, 1.807) is 0 Å². The molecule has 0 aliphatic rings. The van der Waals surface area contributed by atoms with E-state index in [0.717, 1.165) is 29.5 Å². The Morgan fingerprint density at radius 3 is 2.47 bits per heavy atom. The maximum Gasteiger partial charge on any atom is 0.138 e. The van der Waals surface area contributed by atoms with Crippen molar-refractivity contribution in [2.75, 3.05) is 0 Å². The Balaban J connectivity index is 2.77. The van der Waals surface area contributed by atoms with E-state index < -0.39 is 0 Å². The van der Waals surface area contributed by atoms with Crippen LogP contribution in [0.2, 0.25) is 5.02 Å². The second-order valence-electron chi connectivity index (χ2n) is 3.45. The maximum atomic E-state index is 6.12. The molecule has 15 heavy (non-hydrogen) atoms. The largest absolute Gasteiger partial charge is 0.489 e. The lowest BCUT2D eigenvalue weighted by Gasteiger charge is -2.16. The van der Waals surface area contributed by atoms with Gasteiger partial charge in [-0.05, 0) is 30.5 Å². The van der Waals surface area contributed by atoms with Gasteiger partial charge in [0.1, 0.15) is 5.75 Å². The highest BCUT2D eigenvalue weighted by atomic mass is 79.9. The van der Waals surface area contributed by atoms with Crippen LogP contribution in [0.15, 0.2) is 18.2 Å². The van der Waals surface area contributed by atoms with E-state index >= 15 is 0 Å². The van der Waals surface area contributed by atoms with E-state index in [9.17, 15) is 0 Å². The van der Waals surface area contributed by atoms with E-state index in [2.05, 4.69) is 29.8 Å². The summed E-state index contributed by atoms with van der Waals surface area (Å²) < 4.78 is 5.80. The third-order valence-electron chi connectivity index (χ3n) is 2.35. The monoisotopic (exact) mass is 290 g/mol. The maximum absolute atomic E-state index is 6.12. The van der Waals surface area contributed by atoms with E-state index in [0.29, 0.717) is 5.02 Å². The number of hydrogen-bond acceptors (Lipinski definition) is 1. The second kappa shape index (κ2) is 6.39. The van der Waals surface area contributed by atoms with Gasteiger partial charge in [0.05, 0.1) is 11.1 Å². The van der Waals surface area contributed by atoms with Crippen molar-refractivity contribution in [3.8, 4) is 5.75 Å². The zero-order valence-electron chi connectivity index (χ0n) is 9.09. The van der Waals surface area contributed by atoms with E-state index in [4.69, 9.17) is 16.3 Å². The fourth-order valence-corrected chi connectivity index (χ4v) is 1.95. The summed E-state index contributed by atoms with van der Waals surface area (Å²) in [6.45, 7) is 4.24. The molecule has 0 aromatic heterocycles. The second-order valence-corrected chi connectivity index (χ2v) is 4.42. The molecule has 0 N–H and O–H groups in total. The molecular weight excluding hydrogens is 275 g/mol. The van der Waals surface area contributed by atoms with Crippen molar-refractivity contribution in [3.05, 3.63) is 28.8 Å². The summed E-state index contributed by atoms with van der Waals surface area (Å²) in [5.41, 5.74) is 1.16. The minimum atomic E-state index is 0.261. The summed E-state index contributed by atoms with van der Waals surface area (Å²) in [5.74, 6) is 0.787. The van der Waals surface area contributed by atoms with Crippen molar-refractivity contribution in [2.24, 2.45) is 0 Å². The zero-order chi connectivity index (χ0) is 11.3. The Morgan fingerprint density at radius 1 is 1.33 bits per heavy atom. The van der Waals surface area contributed by atoms with Crippen LogP contribution in [0.25, 0.3) is 0 Å². The summed E-state index contributed by atoms with van der Waals surface area (Å²) in [7, 11) is 0. The standard InChI is InChI=1S/C12H16BrClO/c1-3-10(4-2)15-12-6-5-9(8-13)7-11(12)14/h5-7,10H,3-4,8H2,1-2H3. The molecule has 0 atom stereocenters. The molecular formula is C12H16BrClO.